The van der Waals surface area contributed by atoms with Gasteiger partial charge in [-0.15, -0.1) is 0 Å². The summed E-state index contributed by atoms with van der Waals surface area (Å²) in [6, 6.07) is 6.68. The van der Waals surface area contributed by atoms with Crippen LogP contribution in [0.3, 0.4) is 0 Å². The fourth-order valence-electron chi connectivity index (χ4n) is 3.24. The first-order valence-corrected chi connectivity index (χ1v) is 7.61. The van der Waals surface area contributed by atoms with Crippen molar-refractivity contribution in [3.05, 3.63) is 40.1 Å². The van der Waals surface area contributed by atoms with Gasteiger partial charge in [0, 0.05) is 17.5 Å². The molecule has 0 aliphatic heterocycles. The lowest BCUT2D eigenvalue weighted by Gasteiger charge is -2.27. The highest BCUT2D eigenvalue weighted by molar-refractivity contribution is 6.00. The van der Waals surface area contributed by atoms with E-state index >= 15 is 0 Å². The molecule has 0 radical (unpaired) electrons. The van der Waals surface area contributed by atoms with Crippen molar-refractivity contribution in [2.24, 2.45) is 5.92 Å². The average Bonchev–Trinajstić information content (AvgIpc) is 2.91. The van der Waals surface area contributed by atoms with Crippen molar-refractivity contribution in [2.75, 3.05) is 0 Å². The van der Waals surface area contributed by atoms with E-state index in [1.807, 2.05) is 0 Å². The predicted molar refractivity (Wildman–Crippen MR) is 83.8 cm³/mol. The van der Waals surface area contributed by atoms with E-state index < -0.39 is 4.92 Å². The second kappa shape index (κ2) is 5.79. The Balaban J connectivity index is 1.82. The molecule has 1 saturated carbocycles. The quantitative estimate of drug-likeness (QED) is 0.673. The number of nitrogens with one attached hydrogen (secondary N) is 2. The Labute approximate surface area is 128 Å². The number of aromatic amines is 1. The highest BCUT2D eigenvalue weighted by Gasteiger charge is 2.22. The van der Waals surface area contributed by atoms with Crippen molar-refractivity contribution in [3.8, 4) is 0 Å². The van der Waals surface area contributed by atoms with E-state index in [0.717, 1.165) is 19.3 Å². The molecule has 1 amide bonds. The molecule has 1 aliphatic rings. The van der Waals surface area contributed by atoms with Crippen LogP contribution in [0.15, 0.2) is 24.3 Å². The molecule has 2 atom stereocenters. The van der Waals surface area contributed by atoms with Crippen LogP contribution in [0.1, 0.15) is 43.1 Å². The number of aromatic nitrogens is 1. The zero-order valence-electron chi connectivity index (χ0n) is 12.5. The van der Waals surface area contributed by atoms with Gasteiger partial charge in [-0.05, 0) is 24.8 Å². The van der Waals surface area contributed by atoms with Gasteiger partial charge in [0.25, 0.3) is 11.6 Å². The van der Waals surface area contributed by atoms with Crippen LogP contribution in [-0.4, -0.2) is 21.9 Å². The predicted octanol–water partition coefficient (Wildman–Crippen LogP) is 3.38. The number of carbonyl (C=O) groups is 1. The summed E-state index contributed by atoms with van der Waals surface area (Å²) in [7, 11) is 0. The number of benzene rings is 1. The first kappa shape index (κ1) is 14.6. The van der Waals surface area contributed by atoms with E-state index in [1.54, 1.807) is 18.2 Å². The number of amides is 1. The van der Waals surface area contributed by atoms with Crippen molar-refractivity contribution in [2.45, 2.75) is 38.6 Å². The van der Waals surface area contributed by atoms with Crippen LogP contribution in [0.5, 0.6) is 0 Å². The van der Waals surface area contributed by atoms with Crippen LogP contribution in [0.2, 0.25) is 0 Å². The molecule has 116 valence electrons. The number of rotatable bonds is 3. The van der Waals surface area contributed by atoms with Crippen molar-refractivity contribution < 1.29 is 9.72 Å². The molecule has 2 N–H and O–H groups in total. The van der Waals surface area contributed by atoms with Gasteiger partial charge < -0.3 is 10.3 Å². The lowest BCUT2D eigenvalue weighted by atomic mass is 9.87. The Bertz CT molecular complexity index is 722. The third kappa shape index (κ3) is 2.81. The minimum Gasteiger partial charge on any atom is -0.348 e. The van der Waals surface area contributed by atoms with Crippen LogP contribution in [0.4, 0.5) is 5.69 Å². The number of hydrogen-bond acceptors (Lipinski definition) is 3. The molecule has 0 bridgehead atoms. The average molecular weight is 301 g/mol. The number of carbonyl (C=O) groups excluding carboxylic acids is 1. The van der Waals surface area contributed by atoms with E-state index in [2.05, 4.69) is 17.2 Å². The lowest BCUT2D eigenvalue weighted by molar-refractivity contribution is -0.383. The van der Waals surface area contributed by atoms with Crippen molar-refractivity contribution >= 4 is 22.5 Å². The maximum absolute atomic E-state index is 12.4. The minimum atomic E-state index is -0.441. The Morgan fingerprint density at radius 2 is 2.23 bits per heavy atom. The Kier molecular flexibility index (Phi) is 3.83. The van der Waals surface area contributed by atoms with Gasteiger partial charge >= 0.3 is 0 Å². The summed E-state index contributed by atoms with van der Waals surface area (Å²) in [6.45, 7) is 2.20. The first-order chi connectivity index (χ1) is 10.5. The molecule has 1 heterocycles. The SMILES string of the molecule is CC1CCCC(NC(=O)c2cc3cccc([N+](=O)[O-])c3[nH]2)C1. The fraction of sp³-hybridized carbons (Fsp3) is 0.438. The monoisotopic (exact) mass is 301 g/mol. The van der Waals surface area contributed by atoms with Gasteiger partial charge in [0.05, 0.1) is 4.92 Å². The van der Waals surface area contributed by atoms with Crippen LogP contribution >= 0.6 is 0 Å². The van der Waals surface area contributed by atoms with Crippen LogP contribution in [0.25, 0.3) is 10.9 Å². The summed E-state index contributed by atoms with van der Waals surface area (Å²) in [5, 5.41) is 14.7. The molecule has 1 aromatic carbocycles. The van der Waals surface area contributed by atoms with Gasteiger partial charge in [-0.3, -0.25) is 14.9 Å². The Morgan fingerprint density at radius 1 is 1.41 bits per heavy atom. The minimum absolute atomic E-state index is 0.0113. The third-order valence-corrected chi connectivity index (χ3v) is 4.35. The topological polar surface area (TPSA) is 88.0 Å². The summed E-state index contributed by atoms with van der Waals surface area (Å²) in [5.41, 5.74) is 0.764. The highest BCUT2D eigenvalue weighted by atomic mass is 16.6. The smallest absolute Gasteiger partial charge is 0.293 e. The summed E-state index contributed by atoms with van der Waals surface area (Å²) in [4.78, 5) is 25.8. The van der Waals surface area contributed by atoms with Gasteiger partial charge in [-0.2, -0.15) is 0 Å². The fourth-order valence-corrected chi connectivity index (χ4v) is 3.24. The van der Waals surface area contributed by atoms with Crippen molar-refractivity contribution in [1.29, 1.82) is 0 Å². The number of nitro groups is 1. The van der Waals surface area contributed by atoms with Crippen molar-refractivity contribution in [3.63, 3.8) is 0 Å². The molecule has 1 aliphatic carbocycles. The molecule has 1 aromatic heterocycles. The van der Waals surface area contributed by atoms with Crippen molar-refractivity contribution in [1.82, 2.24) is 10.3 Å². The Hall–Kier alpha value is -2.37. The number of fused-ring (bicyclic) bond motifs is 1. The summed E-state index contributed by atoms with van der Waals surface area (Å²) >= 11 is 0. The van der Waals surface area contributed by atoms with E-state index in [-0.39, 0.29) is 17.6 Å². The first-order valence-electron chi connectivity index (χ1n) is 7.61. The molecule has 6 nitrogen and oxygen atoms in total. The number of para-hydroxylation sites is 1. The van der Waals surface area contributed by atoms with Crippen LogP contribution in [0, 0.1) is 16.0 Å². The highest BCUT2D eigenvalue weighted by Crippen LogP contribution is 2.26. The second-order valence-corrected chi connectivity index (χ2v) is 6.12. The number of non-ortho nitro benzene ring substituents is 1. The molecule has 2 aromatic rings. The number of H-pyrrole nitrogens is 1. The zero-order chi connectivity index (χ0) is 15.7. The standard InChI is InChI=1S/C16H19N3O3/c1-10-4-2-6-12(8-10)17-16(20)13-9-11-5-3-7-14(19(21)22)15(11)18-13/h3,5,7,9-10,12,18H,2,4,6,8H2,1H3,(H,17,20). The molecule has 0 spiro atoms. The second-order valence-electron chi connectivity index (χ2n) is 6.12. The van der Waals surface area contributed by atoms with E-state index in [4.69, 9.17) is 0 Å². The molecule has 1 fully saturated rings. The number of nitrogens with zero attached hydrogens (tertiary/aromatic N) is 1. The molecule has 2 unspecified atom stereocenters. The lowest BCUT2D eigenvalue weighted by Crippen LogP contribution is -2.38. The van der Waals surface area contributed by atoms with Gasteiger partial charge in [-0.1, -0.05) is 31.9 Å². The van der Waals surface area contributed by atoms with Gasteiger partial charge in [-0.25, -0.2) is 0 Å². The number of hydrogen-bond donors (Lipinski definition) is 2. The normalized spacial score (nSPS) is 21.7. The molecule has 0 saturated heterocycles. The van der Waals surface area contributed by atoms with Gasteiger partial charge in [0.15, 0.2) is 0 Å². The summed E-state index contributed by atoms with van der Waals surface area (Å²) in [5.74, 6) is 0.437. The largest absolute Gasteiger partial charge is 0.348 e. The summed E-state index contributed by atoms with van der Waals surface area (Å²) < 4.78 is 0. The number of nitro benzene ring substituents is 1. The molecule has 3 rings (SSSR count). The molecule has 22 heavy (non-hydrogen) atoms. The van der Waals surface area contributed by atoms with E-state index in [0.29, 0.717) is 22.5 Å². The molecule has 6 heteroatoms. The third-order valence-electron chi connectivity index (χ3n) is 4.35. The van der Waals surface area contributed by atoms with Crippen LogP contribution < -0.4 is 5.32 Å². The van der Waals surface area contributed by atoms with Gasteiger partial charge in [0.2, 0.25) is 0 Å². The van der Waals surface area contributed by atoms with Crippen LogP contribution in [-0.2, 0) is 0 Å². The van der Waals surface area contributed by atoms with E-state index in [9.17, 15) is 14.9 Å². The summed E-state index contributed by atoms with van der Waals surface area (Å²) in [6.07, 6.45) is 4.33. The zero-order valence-corrected chi connectivity index (χ0v) is 12.5. The molecular formula is C16H19N3O3. The van der Waals surface area contributed by atoms with E-state index in [1.165, 1.54) is 12.5 Å². The molecular weight excluding hydrogens is 282 g/mol. The van der Waals surface area contributed by atoms with Gasteiger partial charge in [0.1, 0.15) is 11.2 Å². The maximum atomic E-state index is 12.4. The maximum Gasteiger partial charge on any atom is 0.293 e. The Morgan fingerprint density at radius 3 is 2.95 bits per heavy atom.